The summed E-state index contributed by atoms with van der Waals surface area (Å²) in [7, 11) is 3.24. The van der Waals surface area contributed by atoms with Gasteiger partial charge < -0.3 is 15.2 Å². The Balaban J connectivity index is 0.00000225. The van der Waals surface area contributed by atoms with E-state index in [2.05, 4.69) is 5.32 Å². The van der Waals surface area contributed by atoms with Gasteiger partial charge in [0.2, 0.25) is 0 Å². The first-order valence-corrected chi connectivity index (χ1v) is 4.70. The van der Waals surface area contributed by atoms with Crippen LogP contribution in [0.3, 0.4) is 0 Å². The van der Waals surface area contributed by atoms with Crippen LogP contribution in [-0.4, -0.2) is 31.3 Å². The molecule has 2 N–H and O–H groups in total. The second-order valence-corrected chi connectivity index (χ2v) is 3.23. The summed E-state index contributed by atoms with van der Waals surface area (Å²) in [5.74, 6) is -0.0663. The molecule has 1 aromatic carbocycles. The van der Waals surface area contributed by atoms with Crippen LogP contribution in [-0.2, 0) is 11.2 Å². The molecule has 90 valence electrons. The number of nitrogens with one attached hydrogen (secondary N) is 1. The number of benzene rings is 1. The highest BCUT2D eigenvalue weighted by molar-refractivity contribution is 5.85. The van der Waals surface area contributed by atoms with Crippen molar-refractivity contribution in [2.75, 3.05) is 14.2 Å². The molecule has 0 aliphatic rings. The summed E-state index contributed by atoms with van der Waals surface area (Å²) in [5, 5.41) is 11.6. The number of carboxylic acids is 1. The molecule has 0 saturated heterocycles. The van der Waals surface area contributed by atoms with Gasteiger partial charge in [0.25, 0.3) is 0 Å². The molecule has 0 unspecified atom stereocenters. The van der Waals surface area contributed by atoms with Crippen LogP contribution in [0.4, 0.5) is 0 Å². The Hall–Kier alpha value is -1.26. The van der Waals surface area contributed by atoms with Crippen molar-refractivity contribution in [2.24, 2.45) is 0 Å². The number of carboxylic acid groups (broad SMARTS) is 1. The molecule has 16 heavy (non-hydrogen) atoms. The SMILES string of the molecule is CN[C@H](Cc1ccc(OC)cc1)C(=O)O.Cl. The van der Waals surface area contributed by atoms with Gasteiger partial charge >= 0.3 is 5.97 Å². The van der Waals surface area contributed by atoms with E-state index in [0.717, 1.165) is 11.3 Å². The number of hydrogen-bond acceptors (Lipinski definition) is 3. The summed E-state index contributed by atoms with van der Waals surface area (Å²) in [5.41, 5.74) is 0.970. The number of ether oxygens (including phenoxy) is 1. The maximum absolute atomic E-state index is 10.8. The van der Waals surface area contributed by atoms with Crippen LogP contribution in [0.25, 0.3) is 0 Å². The highest BCUT2D eigenvalue weighted by atomic mass is 35.5. The van der Waals surface area contributed by atoms with Crippen molar-refractivity contribution in [1.29, 1.82) is 0 Å². The molecular formula is C11H16ClNO3. The minimum atomic E-state index is -0.840. The van der Waals surface area contributed by atoms with E-state index in [0.29, 0.717) is 6.42 Å². The lowest BCUT2D eigenvalue weighted by molar-refractivity contribution is -0.139. The van der Waals surface area contributed by atoms with E-state index in [4.69, 9.17) is 9.84 Å². The van der Waals surface area contributed by atoms with E-state index in [-0.39, 0.29) is 12.4 Å². The molecule has 5 heteroatoms. The van der Waals surface area contributed by atoms with Crippen molar-refractivity contribution >= 4 is 18.4 Å². The quantitative estimate of drug-likeness (QED) is 0.822. The van der Waals surface area contributed by atoms with E-state index in [1.165, 1.54) is 0 Å². The first kappa shape index (κ1) is 14.7. The second kappa shape index (κ2) is 7.09. The van der Waals surface area contributed by atoms with Crippen molar-refractivity contribution < 1.29 is 14.6 Å². The predicted molar refractivity (Wildman–Crippen MR) is 64.4 cm³/mol. The number of carbonyl (C=O) groups is 1. The van der Waals surface area contributed by atoms with Crippen molar-refractivity contribution in [3.63, 3.8) is 0 Å². The van der Waals surface area contributed by atoms with Gasteiger partial charge in [0, 0.05) is 0 Å². The van der Waals surface area contributed by atoms with Gasteiger partial charge in [0.1, 0.15) is 11.8 Å². The van der Waals surface area contributed by atoms with Crippen LogP contribution in [0.2, 0.25) is 0 Å². The number of methoxy groups -OCH3 is 1. The number of rotatable bonds is 5. The van der Waals surface area contributed by atoms with Crippen molar-refractivity contribution in [3.05, 3.63) is 29.8 Å². The highest BCUT2D eigenvalue weighted by Crippen LogP contribution is 2.12. The summed E-state index contributed by atoms with van der Waals surface area (Å²) in [6.07, 6.45) is 0.468. The molecule has 0 fully saturated rings. The Morgan fingerprint density at radius 3 is 2.38 bits per heavy atom. The average molecular weight is 246 g/mol. The maximum atomic E-state index is 10.8. The van der Waals surface area contributed by atoms with Crippen LogP contribution in [0.5, 0.6) is 5.75 Å². The van der Waals surface area contributed by atoms with Crippen molar-refractivity contribution in [1.82, 2.24) is 5.32 Å². The van der Waals surface area contributed by atoms with Crippen molar-refractivity contribution in [2.45, 2.75) is 12.5 Å². The lowest BCUT2D eigenvalue weighted by Crippen LogP contribution is -2.35. The minimum absolute atomic E-state index is 0. The van der Waals surface area contributed by atoms with Crippen LogP contribution in [0.15, 0.2) is 24.3 Å². The molecule has 0 amide bonds. The summed E-state index contributed by atoms with van der Waals surface area (Å²) in [6, 6.07) is 6.84. The van der Waals surface area contributed by atoms with Gasteiger partial charge in [-0.15, -0.1) is 12.4 Å². The molecule has 0 spiro atoms. The average Bonchev–Trinajstić information content (AvgIpc) is 2.26. The highest BCUT2D eigenvalue weighted by Gasteiger charge is 2.14. The molecule has 0 radical (unpaired) electrons. The number of hydrogen-bond donors (Lipinski definition) is 2. The normalized spacial score (nSPS) is 11.4. The molecule has 0 heterocycles. The molecule has 0 bridgehead atoms. The fourth-order valence-corrected chi connectivity index (χ4v) is 1.31. The zero-order valence-corrected chi connectivity index (χ0v) is 10.1. The summed E-state index contributed by atoms with van der Waals surface area (Å²) >= 11 is 0. The summed E-state index contributed by atoms with van der Waals surface area (Å²) in [6.45, 7) is 0. The largest absolute Gasteiger partial charge is 0.497 e. The lowest BCUT2D eigenvalue weighted by Gasteiger charge is -2.11. The lowest BCUT2D eigenvalue weighted by atomic mass is 10.1. The zero-order chi connectivity index (χ0) is 11.3. The van der Waals surface area contributed by atoms with Gasteiger partial charge in [0.15, 0.2) is 0 Å². The molecule has 1 atom stereocenters. The van der Waals surface area contributed by atoms with Crippen LogP contribution in [0, 0.1) is 0 Å². The van der Waals surface area contributed by atoms with Gasteiger partial charge in [-0.2, -0.15) is 0 Å². The Morgan fingerprint density at radius 1 is 1.44 bits per heavy atom. The third-order valence-electron chi connectivity index (χ3n) is 2.25. The zero-order valence-electron chi connectivity index (χ0n) is 9.27. The monoisotopic (exact) mass is 245 g/mol. The third-order valence-corrected chi connectivity index (χ3v) is 2.25. The molecule has 1 rings (SSSR count). The van der Waals surface area contributed by atoms with E-state index < -0.39 is 12.0 Å². The summed E-state index contributed by atoms with van der Waals surface area (Å²) in [4.78, 5) is 10.8. The smallest absolute Gasteiger partial charge is 0.321 e. The Bertz CT molecular complexity index is 327. The van der Waals surface area contributed by atoms with Crippen molar-refractivity contribution in [3.8, 4) is 5.75 Å². The Labute approximate surface area is 101 Å². The number of aliphatic carboxylic acids is 1. The Morgan fingerprint density at radius 2 is 2.00 bits per heavy atom. The molecule has 0 aliphatic heterocycles. The number of halogens is 1. The fraction of sp³-hybridized carbons (Fsp3) is 0.364. The third kappa shape index (κ3) is 4.08. The maximum Gasteiger partial charge on any atom is 0.321 e. The summed E-state index contributed by atoms with van der Waals surface area (Å²) < 4.78 is 5.02. The van der Waals surface area contributed by atoms with Gasteiger partial charge in [-0.1, -0.05) is 12.1 Å². The number of likely N-dealkylation sites (N-methyl/N-ethyl adjacent to an activating group) is 1. The second-order valence-electron chi connectivity index (χ2n) is 3.23. The van der Waals surface area contributed by atoms with Gasteiger partial charge in [-0.05, 0) is 31.2 Å². The fourth-order valence-electron chi connectivity index (χ4n) is 1.31. The van der Waals surface area contributed by atoms with E-state index in [9.17, 15) is 4.79 Å². The molecule has 4 nitrogen and oxygen atoms in total. The Kier molecular flexibility index (Phi) is 6.53. The molecule has 0 aliphatic carbocycles. The molecule has 0 saturated carbocycles. The van der Waals surface area contributed by atoms with Crippen LogP contribution < -0.4 is 10.1 Å². The topological polar surface area (TPSA) is 58.6 Å². The molecular weight excluding hydrogens is 230 g/mol. The van der Waals surface area contributed by atoms with Crippen LogP contribution >= 0.6 is 12.4 Å². The van der Waals surface area contributed by atoms with Gasteiger partial charge in [-0.25, -0.2) is 0 Å². The molecule has 0 aromatic heterocycles. The van der Waals surface area contributed by atoms with Gasteiger partial charge in [0.05, 0.1) is 7.11 Å². The minimum Gasteiger partial charge on any atom is -0.497 e. The van der Waals surface area contributed by atoms with Gasteiger partial charge in [-0.3, -0.25) is 4.79 Å². The van der Waals surface area contributed by atoms with E-state index in [1.807, 2.05) is 24.3 Å². The van der Waals surface area contributed by atoms with E-state index in [1.54, 1.807) is 14.2 Å². The van der Waals surface area contributed by atoms with Crippen LogP contribution in [0.1, 0.15) is 5.56 Å². The standard InChI is InChI=1S/C11H15NO3.ClH/c1-12-10(11(13)14)7-8-3-5-9(15-2)6-4-8;/h3-6,10,12H,7H2,1-2H3,(H,13,14);1H/t10-;/m1./s1. The van der Waals surface area contributed by atoms with E-state index >= 15 is 0 Å². The first-order chi connectivity index (χ1) is 7.17. The first-order valence-electron chi connectivity index (χ1n) is 4.70. The molecule has 1 aromatic rings. The predicted octanol–water partition coefficient (Wildman–Crippen LogP) is 1.33.